The maximum Gasteiger partial charge on any atom is 0.407 e. The first-order valence-electron chi connectivity index (χ1n) is 22.1. The molecule has 4 aromatic carbocycles. The summed E-state index contributed by atoms with van der Waals surface area (Å²) in [5.41, 5.74) is 7.22. The number of nitrogens with zero attached hydrogens (tertiary/aromatic N) is 4. The van der Waals surface area contributed by atoms with E-state index >= 15 is 0 Å². The minimum absolute atomic E-state index is 0.0201. The van der Waals surface area contributed by atoms with Crippen molar-refractivity contribution in [2.24, 2.45) is 5.92 Å². The third-order valence-corrected chi connectivity index (χ3v) is 13.3. The van der Waals surface area contributed by atoms with Gasteiger partial charge in [0, 0.05) is 23.0 Å². The molecule has 0 bridgehead atoms. The molecule has 0 radical (unpaired) electrons. The first-order valence-corrected chi connectivity index (χ1v) is 22.1. The molecule has 2 saturated heterocycles. The molecule has 3 aliphatic heterocycles. The van der Waals surface area contributed by atoms with Crippen molar-refractivity contribution in [3.63, 3.8) is 0 Å². The second-order valence-electron chi connectivity index (χ2n) is 17.4. The Morgan fingerprint density at radius 3 is 2.33 bits per heavy atom. The molecule has 9 rings (SSSR count). The van der Waals surface area contributed by atoms with Crippen molar-refractivity contribution in [2.45, 2.75) is 103 Å². The van der Waals surface area contributed by atoms with E-state index in [9.17, 15) is 19.2 Å². The van der Waals surface area contributed by atoms with Crippen LogP contribution in [0, 0.1) is 5.92 Å². The summed E-state index contributed by atoms with van der Waals surface area (Å²) in [7, 11) is 2.58. The van der Waals surface area contributed by atoms with Gasteiger partial charge in [-0.25, -0.2) is 19.6 Å². The molecule has 4 N–H and O–H groups in total. The molecule has 0 saturated carbocycles. The lowest BCUT2D eigenvalue weighted by atomic mass is 9.92. The van der Waals surface area contributed by atoms with Crippen LogP contribution in [-0.2, 0) is 25.7 Å². The number of carbonyl (C=O) groups excluding carboxylic acids is 4. The Morgan fingerprint density at radius 2 is 1.58 bits per heavy atom. The standard InChI is InChI=1S/C49H54N8O7/c1-7-32-16-20-39(57(32)47(59)42(55-49(61)63-6)28-11-9-8-10-12-28)45-51-36-18-15-29-22-35-33-17-14-30(21-31(33)25-64-40(35)23-34(29)43(36)53-45)37-24-50-44(52-37)38-19-13-27(4)56(38)46(58)41(26(2)3)54-48(60)62-5/h8-12,14-15,17-18,21-24,26-27,32,38-39,41-42H,7,13,16,19-20,25H2,1-6H3,(H,50,52)(H,51,53)(H,54,60)(H,55,61). The van der Waals surface area contributed by atoms with Gasteiger partial charge in [0.05, 0.1) is 49.2 Å². The third kappa shape index (κ3) is 7.66. The van der Waals surface area contributed by atoms with Gasteiger partial charge in [0.1, 0.15) is 36.1 Å². The van der Waals surface area contributed by atoms with Gasteiger partial charge in [0.15, 0.2) is 0 Å². The lowest BCUT2D eigenvalue weighted by Crippen LogP contribution is -2.52. The Bertz CT molecular complexity index is 2750. The van der Waals surface area contributed by atoms with E-state index < -0.39 is 24.3 Å². The first kappa shape index (κ1) is 42.4. The quantitative estimate of drug-likeness (QED) is 0.105. The highest BCUT2D eigenvalue weighted by atomic mass is 16.5. The molecule has 0 spiro atoms. The van der Waals surface area contributed by atoms with E-state index in [0.717, 1.165) is 87.6 Å². The summed E-state index contributed by atoms with van der Waals surface area (Å²) in [6.45, 7) is 8.29. The number of nitrogens with one attached hydrogen (secondary N) is 4. The summed E-state index contributed by atoms with van der Waals surface area (Å²) in [5.74, 6) is 1.68. The number of hydrogen-bond acceptors (Lipinski definition) is 9. The number of carbonyl (C=O) groups is 4. The van der Waals surface area contributed by atoms with Crippen molar-refractivity contribution in [3.8, 4) is 28.1 Å². The number of methoxy groups -OCH3 is 2. The Kier molecular flexibility index (Phi) is 11.5. The fraction of sp³-hybridized carbons (Fsp3) is 0.388. The number of ether oxygens (including phenoxy) is 3. The normalized spacial score (nSPS) is 20.1. The van der Waals surface area contributed by atoms with Crippen molar-refractivity contribution in [2.75, 3.05) is 14.2 Å². The minimum Gasteiger partial charge on any atom is -0.488 e. The molecular weight excluding hydrogens is 813 g/mol. The van der Waals surface area contributed by atoms with Crippen LogP contribution in [0.2, 0.25) is 0 Å². The molecule has 4 amide bonds. The molecule has 64 heavy (non-hydrogen) atoms. The molecule has 6 atom stereocenters. The second-order valence-corrected chi connectivity index (χ2v) is 17.4. The van der Waals surface area contributed by atoms with Crippen molar-refractivity contribution < 1.29 is 33.4 Å². The van der Waals surface area contributed by atoms with Crippen LogP contribution in [0.15, 0.2) is 79.0 Å². The van der Waals surface area contributed by atoms with Crippen LogP contribution in [0.1, 0.15) is 101 Å². The van der Waals surface area contributed by atoms with Gasteiger partial charge in [0.2, 0.25) is 5.91 Å². The van der Waals surface area contributed by atoms with Crippen LogP contribution in [0.5, 0.6) is 5.75 Å². The zero-order valence-electron chi connectivity index (χ0n) is 36.9. The van der Waals surface area contributed by atoms with E-state index in [0.29, 0.717) is 23.8 Å². The predicted octanol–water partition coefficient (Wildman–Crippen LogP) is 8.64. The zero-order valence-corrected chi connectivity index (χ0v) is 36.9. The highest BCUT2D eigenvalue weighted by Crippen LogP contribution is 2.44. The number of rotatable bonds is 10. The predicted molar refractivity (Wildman–Crippen MR) is 241 cm³/mol. The molecule has 0 aliphatic carbocycles. The summed E-state index contributed by atoms with van der Waals surface area (Å²) >= 11 is 0. The van der Waals surface area contributed by atoms with Crippen LogP contribution in [0.3, 0.4) is 0 Å². The van der Waals surface area contributed by atoms with Gasteiger partial charge in [0.25, 0.3) is 5.91 Å². The van der Waals surface area contributed by atoms with Crippen molar-refractivity contribution in [3.05, 3.63) is 102 Å². The number of benzene rings is 4. The molecular formula is C49H54N8O7. The van der Waals surface area contributed by atoms with Crippen LogP contribution in [-0.4, -0.2) is 86.1 Å². The Balaban J connectivity index is 0.979. The summed E-state index contributed by atoms with van der Waals surface area (Å²) in [4.78, 5) is 73.7. The number of H-pyrrole nitrogens is 2. The first-order chi connectivity index (χ1) is 31.0. The molecule has 6 unspecified atom stereocenters. The maximum absolute atomic E-state index is 14.5. The second kappa shape index (κ2) is 17.3. The third-order valence-electron chi connectivity index (χ3n) is 13.3. The maximum atomic E-state index is 14.5. The van der Waals surface area contributed by atoms with Crippen LogP contribution >= 0.6 is 0 Å². The zero-order chi connectivity index (χ0) is 44.8. The van der Waals surface area contributed by atoms with Crippen molar-refractivity contribution in [1.82, 2.24) is 40.4 Å². The lowest BCUT2D eigenvalue weighted by Gasteiger charge is -2.32. The number of alkyl carbamates (subject to hydrolysis) is 2. The van der Waals surface area contributed by atoms with Crippen LogP contribution < -0.4 is 15.4 Å². The Hall–Kier alpha value is -6.90. The van der Waals surface area contributed by atoms with E-state index in [1.54, 1.807) is 0 Å². The minimum atomic E-state index is -0.918. The summed E-state index contributed by atoms with van der Waals surface area (Å²) in [6, 6.07) is 21.6. The number of amides is 4. The molecule has 2 aromatic heterocycles. The Labute approximate surface area is 371 Å². The molecule has 2 fully saturated rings. The van der Waals surface area contributed by atoms with Crippen molar-refractivity contribution in [1.29, 1.82) is 0 Å². The van der Waals surface area contributed by atoms with Gasteiger partial charge >= 0.3 is 12.2 Å². The summed E-state index contributed by atoms with van der Waals surface area (Å²) in [5, 5.41) is 7.45. The molecule has 5 heterocycles. The van der Waals surface area contributed by atoms with Gasteiger partial charge in [-0.15, -0.1) is 0 Å². The number of fused-ring (bicyclic) bond motifs is 6. The average molecular weight is 867 g/mol. The number of aromatic amines is 2. The highest BCUT2D eigenvalue weighted by Gasteiger charge is 2.43. The molecule has 15 nitrogen and oxygen atoms in total. The molecule has 3 aliphatic rings. The van der Waals surface area contributed by atoms with Gasteiger partial charge in [-0.3, -0.25) is 9.59 Å². The van der Waals surface area contributed by atoms with Crippen LogP contribution in [0.25, 0.3) is 44.2 Å². The van der Waals surface area contributed by atoms with Gasteiger partial charge in [-0.1, -0.05) is 69.3 Å². The number of imidazole rings is 2. The molecule has 332 valence electrons. The monoisotopic (exact) mass is 866 g/mol. The van der Waals surface area contributed by atoms with E-state index in [-0.39, 0.29) is 41.9 Å². The average Bonchev–Trinajstić information content (AvgIpc) is 4.14. The van der Waals surface area contributed by atoms with E-state index in [1.165, 1.54) is 14.2 Å². The summed E-state index contributed by atoms with van der Waals surface area (Å²) in [6.07, 6.45) is 4.38. The SMILES string of the molecule is CCC1CCC(c2nc3c(ccc4cc5c(cc43)OCc3cc(-c4cnc(C6CCC(C)N6C(=O)C(NC(=O)OC)C(C)C)[nH]4)ccc3-5)[nH]2)N1C(=O)C(NC(=O)OC)c1ccccc1. The lowest BCUT2D eigenvalue weighted by molar-refractivity contribution is -0.138. The number of aromatic nitrogens is 4. The van der Waals surface area contributed by atoms with Crippen LogP contribution in [0.4, 0.5) is 9.59 Å². The Morgan fingerprint density at radius 1 is 0.828 bits per heavy atom. The number of likely N-dealkylation sites (tertiary alicyclic amines) is 2. The van der Waals surface area contributed by atoms with Gasteiger partial charge < -0.3 is 44.6 Å². The smallest absolute Gasteiger partial charge is 0.407 e. The summed E-state index contributed by atoms with van der Waals surface area (Å²) < 4.78 is 16.2. The molecule has 15 heteroatoms. The largest absolute Gasteiger partial charge is 0.488 e. The van der Waals surface area contributed by atoms with Gasteiger partial charge in [-0.05, 0) is 96.9 Å². The fourth-order valence-electron chi connectivity index (χ4n) is 9.91. The van der Waals surface area contributed by atoms with E-state index in [1.807, 2.05) is 73.2 Å². The van der Waals surface area contributed by atoms with Crippen molar-refractivity contribution >= 4 is 45.8 Å². The highest BCUT2D eigenvalue weighted by molar-refractivity contribution is 6.07. The van der Waals surface area contributed by atoms with E-state index in [4.69, 9.17) is 24.2 Å². The number of hydrogen-bond donors (Lipinski definition) is 4. The van der Waals surface area contributed by atoms with Gasteiger partial charge in [-0.2, -0.15) is 0 Å². The molecule has 6 aromatic rings. The fourth-order valence-corrected chi connectivity index (χ4v) is 9.91. The topological polar surface area (TPSA) is 184 Å². The van der Waals surface area contributed by atoms with E-state index in [2.05, 4.69) is 63.9 Å².